The molecule has 0 bridgehead atoms. The van der Waals surface area contributed by atoms with Gasteiger partial charge in [0.05, 0.1) is 81.4 Å². The zero-order valence-corrected chi connectivity index (χ0v) is 54.6. The number of para-hydroxylation sites is 2. The molecule has 0 radical (unpaired) electrons. The number of rotatable bonds is 15. The maximum atomic E-state index is 11.3. The minimum Gasteiger partial charge on any atom is -0.458 e. The molecule has 1 aliphatic rings. The number of allylic oxidation sites excluding steroid dienone is 4. The van der Waals surface area contributed by atoms with E-state index in [0.717, 1.165) is 11.8 Å². The molecule has 0 saturated carbocycles. The molecule has 484 valence electrons. The van der Waals surface area contributed by atoms with Crippen molar-refractivity contribution >= 4 is 56.5 Å². The van der Waals surface area contributed by atoms with Gasteiger partial charge in [0, 0.05) is 35.5 Å². The molecule has 0 spiro atoms. The molecule has 0 fully saturated rings. The van der Waals surface area contributed by atoms with Gasteiger partial charge in [-0.3, -0.25) is 13.7 Å². The van der Waals surface area contributed by atoms with E-state index in [-0.39, 0.29) is 45.0 Å². The summed E-state index contributed by atoms with van der Waals surface area (Å²) in [4.78, 5) is 4.72. The van der Waals surface area contributed by atoms with Crippen molar-refractivity contribution in [2.75, 3.05) is 0 Å². The highest BCUT2D eigenvalue weighted by molar-refractivity contribution is 7.16. The minimum absolute atomic E-state index is 0.0140. The fraction of sp³-hybridized carbons (Fsp3) is 0.0737. The Balaban J connectivity index is 1.02. The number of aromatic nitrogens is 4. The molecule has 0 saturated heterocycles. The average Bonchev–Trinajstić information content (AvgIpc) is 1.06. The quantitative estimate of drug-likeness (QED) is 0.0444. The molecule has 101 heavy (non-hydrogen) atoms. The van der Waals surface area contributed by atoms with E-state index >= 15 is 0 Å². The molecule has 0 amide bonds. The summed E-state index contributed by atoms with van der Waals surface area (Å²) >= 11 is 0. The predicted molar refractivity (Wildman–Crippen MR) is 422 cm³/mol. The molecular weight excluding hydrogens is 1240 g/mol. The summed E-state index contributed by atoms with van der Waals surface area (Å²) in [6, 6.07) is -2.55. The number of pyridine rings is 1. The molecule has 3 aromatic heterocycles. The van der Waals surface area contributed by atoms with Crippen LogP contribution >= 0.6 is 0 Å². The molecular formula is C95H74N4OSi. The normalized spacial score (nSPS) is 20.0. The molecule has 16 aromatic rings. The van der Waals surface area contributed by atoms with E-state index in [0.29, 0.717) is 32.9 Å². The van der Waals surface area contributed by atoms with Crippen LogP contribution in [0, 0.1) is 13.2 Å². The largest absolute Gasteiger partial charge is 0.458 e. The van der Waals surface area contributed by atoms with Crippen molar-refractivity contribution in [1.82, 2.24) is 14.1 Å². The highest BCUT2D eigenvalue weighted by atomic mass is 28.3. The number of hydrogen-bond donors (Lipinski definition) is 0. The fourth-order valence-electron chi connectivity index (χ4n) is 12.6. The lowest BCUT2D eigenvalue weighted by molar-refractivity contribution is -0.571. The van der Waals surface area contributed by atoms with Gasteiger partial charge in [0.15, 0.2) is 8.07 Å². The highest BCUT2D eigenvalue weighted by Gasteiger charge is 2.43. The van der Waals surface area contributed by atoms with Crippen LogP contribution in [-0.4, -0.2) is 22.2 Å². The first-order chi connectivity index (χ1) is 66.2. The van der Waals surface area contributed by atoms with Gasteiger partial charge in [-0.15, -0.1) is 0 Å². The number of ether oxygens (including phenoxy) is 1. The van der Waals surface area contributed by atoms with E-state index in [1.807, 2.05) is 51.1 Å². The Bertz CT molecular complexity index is 7970. The summed E-state index contributed by atoms with van der Waals surface area (Å²) in [7, 11) is -6.67. The second-order valence-corrected chi connectivity index (χ2v) is 27.8. The lowest BCUT2D eigenvalue weighted by Gasteiger charge is -2.36. The van der Waals surface area contributed by atoms with Gasteiger partial charge in [0.25, 0.3) is 6.33 Å². The predicted octanol–water partition coefficient (Wildman–Crippen LogP) is 21.9. The Morgan fingerprint density at radius 3 is 1.78 bits per heavy atom. The highest BCUT2D eigenvalue weighted by Crippen LogP contribution is 2.42. The monoisotopic (exact) mass is 1350 g/mol. The zero-order valence-electron chi connectivity index (χ0n) is 93.6. The fourth-order valence-corrected chi connectivity index (χ4v) is 16.3. The molecule has 2 atom stereocenters. The van der Waals surface area contributed by atoms with Crippen LogP contribution in [0.1, 0.15) is 99.5 Å². The number of aryl methyl sites for hydroxylation is 1. The van der Waals surface area contributed by atoms with Gasteiger partial charge < -0.3 is 4.74 Å². The molecule has 2 unspecified atom stereocenters. The van der Waals surface area contributed by atoms with Gasteiger partial charge in [-0.1, -0.05) is 293 Å². The van der Waals surface area contributed by atoms with Gasteiger partial charge in [0.2, 0.25) is 0 Å². The number of benzene rings is 13. The molecule has 17 rings (SSSR count). The molecule has 6 heteroatoms. The van der Waals surface area contributed by atoms with Crippen LogP contribution in [0.15, 0.2) is 356 Å². The zero-order chi connectivity index (χ0) is 103. The summed E-state index contributed by atoms with van der Waals surface area (Å²) in [5, 5.41) is -3.45. The number of hydrogen-bond acceptors (Lipinski definition) is 2. The number of fused-ring (bicyclic) bond motifs is 4. The van der Waals surface area contributed by atoms with E-state index in [4.69, 9.17) is 33.0 Å². The molecule has 0 aliphatic heterocycles. The van der Waals surface area contributed by atoms with Crippen molar-refractivity contribution in [2.45, 2.75) is 45.8 Å². The van der Waals surface area contributed by atoms with E-state index in [1.165, 1.54) is 33.4 Å². The van der Waals surface area contributed by atoms with Crippen LogP contribution in [-0.2, 0) is 5.41 Å². The Morgan fingerprint density at radius 2 is 1.09 bits per heavy atom. The third-order valence-corrected chi connectivity index (χ3v) is 21.4. The second-order valence-electron chi connectivity index (χ2n) is 24.3. The van der Waals surface area contributed by atoms with Crippen molar-refractivity contribution < 1.29 is 64.1 Å². The van der Waals surface area contributed by atoms with Crippen molar-refractivity contribution in [2.24, 2.45) is 0 Å². The summed E-state index contributed by atoms with van der Waals surface area (Å²) in [6.45, 7) is 3.06. The molecule has 3 heterocycles. The Hall–Kier alpha value is -12.2. The number of nitrogens with zero attached hydrogens (tertiary/aromatic N) is 4. The molecule has 5 nitrogen and oxygen atoms in total. The summed E-state index contributed by atoms with van der Waals surface area (Å²) in [6.07, 6.45) is 0.0310. The SMILES string of the molecule is [2H]C1=C([2H])C([2H])C([2H])C([2H])=C1[Si](c1c([2H])c([2H])c([2H])c([2H])c1[2H])(c1c([2H])c([2H])c([2H])c([2H])c1[2H])c1c([2H])c([2H])c([2H])c(-c2cccc(-c3c([2H])c(-c4c([2H])c([2H])c([2H])c([2H])c4[2H])c([2H])c(-c4c([2H])c([2H])c([2H])c([2H])c4[2H])c3[2H])c2-[n+]2[c-]n(-c3cccc(Oc4ccc5c6ccccc6n(-c6cc(C([2H])([2H])[2H])c(-c7c([2H])c([2H])c([2H])c([2H])c7[2H])cn6)c5c4)c3)c3cc(-c4ccc(C(C)(C)C)cc4)ccc32)c1[2H]. The van der Waals surface area contributed by atoms with Crippen molar-refractivity contribution in [3.05, 3.63) is 374 Å². The molecule has 0 N–H and O–H groups in total. The summed E-state index contributed by atoms with van der Waals surface area (Å²) in [5.74, 6) is 0.230. The first kappa shape index (κ1) is 32.6. The third kappa shape index (κ3) is 11.6. The van der Waals surface area contributed by atoms with E-state index in [1.54, 1.807) is 83.4 Å². The first-order valence-corrected chi connectivity index (χ1v) is 33.6. The third-order valence-electron chi connectivity index (χ3n) is 17.4. The van der Waals surface area contributed by atoms with Crippen molar-refractivity contribution in [3.63, 3.8) is 0 Å². The first-order valence-electron chi connectivity index (χ1n) is 51.8. The Kier molecular flexibility index (Phi) is 8.47. The Labute approximate surface area is 648 Å². The van der Waals surface area contributed by atoms with Gasteiger partial charge in [0.1, 0.15) is 17.3 Å². The van der Waals surface area contributed by atoms with Crippen LogP contribution in [0.5, 0.6) is 11.5 Å². The second kappa shape index (κ2) is 26.2. The van der Waals surface area contributed by atoms with Crippen LogP contribution in [0.2, 0.25) is 0 Å². The smallest absolute Gasteiger partial charge is 0.269 e. The van der Waals surface area contributed by atoms with Crippen LogP contribution in [0.3, 0.4) is 0 Å². The van der Waals surface area contributed by atoms with Crippen LogP contribution in [0.25, 0.3) is 117 Å². The number of imidazole rings is 1. The van der Waals surface area contributed by atoms with Crippen molar-refractivity contribution in [1.29, 1.82) is 0 Å². The van der Waals surface area contributed by atoms with E-state index < -0.39 is 321 Å². The maximum Gasteiger partial charge on any atom is 0.269 e. The lowest BCUT2D eigenvalue weighted by atomic mass is 9.86. The Morgan fingerprint density at radius 1 is 0.485 bits per heavy atom. The standard InChI is InChI=1S/C95H74N4OSi/c1-66-56-93(96-64-88(66)70-32-15-7-16-33-70)99-89-47-24-23-44-86(89)87-54-53-79(63-91(87)99)100-78-36-26-35-77(62-78)97-65-98(90-55-50-71(61-92(90)97)69-48-51-76(52-49-69)95(2,3)4)94-84(45-27-46-85(94)75-58-73(67-28-11-5-12-29-67)57-74(59-75)68-30-13-6-14-31-68)72-34-25-43-83(60-72)101(80-37-17-8-18-38-80,81-39-19-9-20-40-81)82-41-21-10-22-42-82/h5-9,11-21,23-64H,10,22H2,1-4H3/i1D3,5D,6D,7D,8D,9D,10D,11D,12D,13D,14D,15D,16D,17D,18D,19D,20D,21D,22D,25D,28D,29D,30D,31D,32D,33D,34D,37D,38D,39D,40D,41D,42D,43D,57D,58D,59D,60D. The van der Waals surface area contributed by atoms with Crippen molar-refractivity contribution in [3.8, 4) is 95.5 Å². The average molecular weight is 1360 g/mol. The van der Waals surface area contributed by atoms with E-state index in [2.05, 4.69) is 6.33 Å². The molecule has 13 aromatic carbocycles. The maximum absolute atomic E-state index is 11.3. The molecule has 1 aliphatic carbocycles. The summed E-state index contributed by atoms with van der Waals surface area (Å²) < 4.78 is 390. The van der Waals surface area contributed by atoms with E-state index in [9.17, 15) is 31.5 Å². The van der Waals surface area contributed by atoms with Gasteiger partial charge in [-0.05, 0) is 185 Å². The van der Waals surface area contributed by atoms with Gasteiger partial charge in [-0.2, -0.15) is 0 Å². The van der Waals surface area contributed by atoms with Crippen LogP contribution in [0.4, 0.5) is 0 Å². The topological polar surface area (TPSA) is 35.9 Å². The summed E-state index contributed by atoms with van der Waals surface area (Å²) in [5.41, 5.74) is -5.36. The lowest BCUT2D eigenvalue weighted by Crippen LogP contribution is -2.68. The minimum atomic E-state index is -6.67. The van der Waals surface area contributed by atoms with Gasteiger partial charge >= 0.3 is 0 Å². The van der Waals surface area contributed by atoms with Gasteiger partial charge in [-0.25, -0.2) is 4.98 Å². The van der Waals surface area contributed by atoms with Crippen LogP contribution < -0.4 is 24.9 Å².